The molecule has 1 rings (SSSR count). The van der Waals surface area contributed by atoms with Crippen molar-refractivity contribution >= 4 is 0 Å². The summed E-state index contributed by atoms with van der Waals surface area (Å²) < 4.78 is 10.4. The fraction of sp³-hybridized carbons (Fsp3) is 1.00. The van der Waals surface area contributed by atoms with E-state index in [9.17, 15) is 0 Å². The van der Waals surface area contributed by atoms with E-state index in [0.717, 1.165) is 12.8 Å². The molecule has 1 fully saturated rings. The second-order valence-electron chi connectivity index (χ2n) is 3.22. The minimum Gasteiger partial charge on any atom is -0.355 e. The van der Waals surface area contributed by atoms with Gasteiger partial charge < -0.3 is 15.2 Å². The van der Waals surface area contributed by atoms with E-state index in [1.807, 2.05) is 0 Å². The molecule has 66 valence electrons. The SMILES string of the molecule is COC(OC)C1(CN)CCC1. The summed E-state index contributed by atoms with van der Waals surface area (Å²) >= 11 is 0. The Morgan fingerprint density at radius 1 is 1.36 bits per heavy atom. The maximum absolute atomic E-state index is 5.66. The molecule has 0 aromatic rings. The molecule has 3 heteroatoms. The Hall–Kier alpha value is -0.120. The Balaban J connectivity index is 2.51. The van der Waals surface area contributed by atoms with Crippen molar-refractivity contribution in [1.82, 2.24) is 0 Å². The lowest BCUT2D eigenvalue weighted by molar-refractivity contribution is -0.199. The van der Waals surface area contributed by atoms with Gasteiger partial charge in [0.1, 0.15) is 0 Å². The third-order valence-corrected chi connectivity index (χ3v) is 2.68. The van der Waals surface area contributed by atoms with Crippen LogP contribution in [0.5, 0.6) is 0 Å². The average Bonchev–Trinajstić information content (AvgIpc) is 1.96. The van der Waals surface area contributed by atoms with Crippen LogP contribution in [-0.4, -0.2) is 27.1 Å². The van der Waals surface area contributed by atoms with Gasteiger partial charge in [0.15, 0.2) is 6.29 Å². The summed E-state index contributed by atoms with van der Waals surface area (Å²) in [6.07, 6.45) is 3.41. The highest BCUT2D eigenvalue weighted by Crippen LogP contribution is 2.44. The molecular formula is C8H17NO2. The lowest BCUT2D eigenvalue weighted by Crippen LogP contribution is -2.48. The Morgan fingerprint density at radius 3 is 2.00 bits per heavy atom. The Morgan fingerprint density at radius 2 is 1.91 bits per heavy atom. The number of rotatable bonds is 4. The molecule has 0 aromatic carbocycles. The lowest BCUT2D eigenvalue weighted by atomic mass is 9.68. The van der Waals surface area contributed by atoms with Crippen molar-refractivity contribution in [1.29, 1.82) is 0 Å². The number of hydrogen-bond acceptors (Lipinski definition) is 3. The van der Waals surface area contributed by atoms with Crippen LogP contribution in [0.4, 0.5) is 0 Å². The summed E-state index contributed by atoms with van der Waals surface area (Å²) in [7, 11) is 3.34. The summed E-state index contributed by atoms with van der Waals surface area (Å²) in [6, 6.07) is 0. The van der Waals surface area contributed by atoms with E-state index in [-0.39, 0.29) is 11.7 Å². The molecule has 11 heavy (non-hydrogen) atoms. The van der Waals surface area contributed by atoms with Crippen LogP contribution in [0.1, 0.15) is 19.3 Å². The van der Waals surface area contributed by atoms with Gasteiger partial charge in [0.25, 0.3) is 0 Å². The van der Waals surface area contributed by atoms with Crippen molar-refractivity contribution in [3.05, 3.63) is 0 Å². The van der Waals surface area contributed by atoms with Gasteiger partial charge in [-0.05, 0) is 12.8 Å². The smallest absolute Gasteiger partial charge is 0.163 e. The zero-order valence-electron chi connectivity index (χ0n) is 7.30. The topological polar surface area (TPSA) is 44.5 Å². The van der Waals surface area contributed by atoms with Gasteiger partial charge in [-0.1, -0.05) is 6.42 Å². The van der Waals surface area contributed by atoms with Gasteiger partial charge in [-0.3, -0.25) is 0 Å². The predicted octanol–water partition coefficient (Wildman–Crippen LogP) is 0.734. The van der Waals surface area contributed by atoms with Crippen LogP contribution >= 0.6 is 0 Å². The minimum atomic E-state index is -0.110. The largest absolute Gasteiger partial charge is 0.355 e. The first-order valence-electron chi connectivity index (χ1n) is 4.05. The molecule has 0 aliphatic heterocycles. The molecular weight excluding hydrogens is 142 g/mol. The standard InChI is InChI=1S/C8H17NO2/c1-10-7(11-2)8(6-9)4-3-5-8/h7H,3-6,9H2,1-2H3. The summed E-state index contributed by atoms with van der Waals surface area (Å²) in [6.45, 7) is 0.666. The number of methoxy groups -OCH3 is 2. The zero-order valence-corrected chi connectivity index (χ0v) is 7.30. The van der Waals surface area contributed by atoms with Crippen LogP contribution in [0.3, 0.4) is 0 Å². The molecule has 1 saturated carbocycles. The second kappa shape index (κ2) is 3.52. The lowest BCUT2D eigenvalue weighted by Gasteiger charge is -2.45. The van der Waals surface area contributed by atoms with Crippen molar-refractivity contribution < 1.29 is 9.47 Å². The van der Waals surface area contributed by atoms with E-state index in [1.165, 1.54) is 6.42 Å². The Bertz CT molecular complexity index is 114. The molecule has 1 aliphatic rings. The third kappa shape index (κ3) is 1.41. The normalized spacial score (nSPS) is 21.8. The third-order valence-electron chi connectivity index (χ3n) is 2.68. The highest BCUT2D eigenvalue weighted by Gasteiger charge is 2.43. The van der Waals surface area contributed by atoms with Gasteiger partial charge in [-0.25, -0.2) is 0 Å². The molecule has 0 amide bonds. The highest BCUT2D eigenvalue weighted by molar-refractivity contribution is 4.91. The maximum atomic E-state index is 5.66. The van der Waals surface area contributed by atoms with Crippen molar-refractivity contribution in [3.8, 4) is 0 Å². The van der Waals surface area contributed by atoms with E-state index >= 15 is 0 Å². The molecule has 0 bridgehead atoms. The number of hydrogen-bond donors (Lipinski definition) is 1. The first-order valence-corrected chi connectivity index (χ1v) is 4.05. The number of ether oxygens (including phenoxy) is 2. The highest BCUT2D eigenvalue weighted by atomic mass is 16.7. The summed E-state index contributed by atoms with van der Waals surface area (Å²) in [4.78, 5) is 0. The molecule has 3 nitrogen and oxygen atoms in total. The van der Waals surface area contributed by atoms with Crippen molar-refractivity contribution in [2.45, 2.75) is 25.6 Å². The van der Waals surface area contributed by atoms with Gasteiger partial charge in [0, 0.05) is 26.2 Å². The molecule has 0 radical (unpaired) electrons. The molecule has 0 heterocycles. The first-order chi connectivity index (χ1) is 5.29. The maximum Gasteiger partial charge on any atom is 0.163 e. The van der Waals surface area contributed by atoms with Gasteiger partial charge in [-0.15, -0.1) is 0 Å². The minimum absolute atomic E-state index is 0.110. The molecule has 1 aliphatic carbocycles. The molecule has 0 saturated heterocycles. The van der Waals surface area contributed by atoms with Crippen LogP contribution < -0.4 is 5.73 Å². The first kappa shape index (κ1) is 8.97. The van der Waals surface area contributed by atoms with E-state index in [2.05, 4.69) is 0 Å². The summed E-state index contributed by atoms with van der Waals surface area (Å²) in [5.41, 5.74) is 5.78. The molecule has 0 unspecified atom stereocenters. The van der Waals surface area contributed by atoms with Gasteiger partial charge in [0.05, 0.1) is 0 Å². The fourth-order valence-electron chi connectivity index (χ4n) is 1.76. The summed E-state index contributed by atoms with van der Waals surface area (Å²) in [5.74, 6) is 0. The Labute approximate surface area is 67.9 Å². The second-order valence-corrected chi connectivity index (χ2v) is 3.22. The van der Waals surface area contributed by atoms with Gasteiger partial charge >= 0.3 is 0 Å². The number of nitrogens with two attached hydrogens (primary N) is 1. The Kier molecular flexibility index (Phi) is 2.87. The van der Waals surface area contributed by atoms with Gasteiger partial charge in [0.2, 0.25) is 0 Å². The van der Waals surface area contributed by atoms with Crippen LogP contribution in [0, 0.1) is 5.41 Å². The van der Waals surface area contributed by atoms with E-state index < -0.39 is 0 Å². The van der Waals surface area contributed by atoms with Crippen LogP contribution in [0.25, 0.3) is 0 Å². The van der Waals surface area contributed by atoms with Crippen molar-refractivity contribution in [2.24, 2.45) is 11.1 Å². The summed E-state index contributed by atoms with van der Waals surface area (Å²) in [5, 5.41) is 0. The molecule has 0 aromatic heterocycles. The van der Waals surface area contributed by atoms with Crippen molar-refractivity contribution in [2.75, 3.05) is 20.8 Å². The van der Waals surface area contributed by atoms with Crippen molar-refractivity contribution in [3.63, 3.8) is 0 Å². The average molecular weight is 159 g/mol. The van der Waals surface area contributed by atoms with E-state index in [1.54, 1.807) is 14.2 Å². The van der Waals surface area contributed by atoms with E-state index in [0.29, 0.717) is 6.54 Å². The monoisotopic (exact) mass is 159 g/mol. The van der Waals surface area contributed by atoms with Crippen LogP contribution in [0.2, 0.25) is 0 Å². The fourth-order valence-corrected chi connectivity index (χ4v) is 1.76. The predicted molar refractivity (Wildman–Crippen MR) is 43.1 cm³/mol. The van der Waals surface area contributed by atoms with Crippen LogP contribution in [-0.2, 0) is 9.47 Å². The zero-order chi connectivity index (χ0) is 8.32. The van der Waals surface area contributed by atoms with E-state index in [4.69, 9.17) is 15.2 Å². The van der Waals surface area contributed by atoms with Gasteiger partial charge in [-0.2, -0.15) is 0 Å². The molecule has 0 spiro atoms. The van der Waals surface area contributed by atoms with Crippen LogP contribution in [0.15, 0.2) is 0 Å². The molecule has 0 atom stereocenters. The molecule has 2 N–H and O–H groups in total. The quantitative estimate of drug-likeness (QED) is 0.615.